The van der Waals surface area contributed by atoms with Gasteiger partial charge in [-0.25, -0.2) is 4.98 Å². The summed E-state index contributed by atoms with van der Waals surface area (Å²) in [6.45, 7) is 0. The molecule has 0 radical (unpaired) electrons. The molecule has 11 heavy (non-hydrogen) atoms. The smallest absolute Gasteiger partial charge is 0.150 e. The minimum Gasteiger partial charge on any atom is -0.298 e. The normalized spacial score (nSPS) is 10.2. The van der Waals surface area contributed by atoms with E-state index in [0.717, 1.165) is 16.5 Å². The lowest BCUT2D eigenvalue weighted by molar-refractivity contribution is 0.112. The van der Waals surface area contributed by atoms with Crippen LogP contribution in [0.15, 0.2) is 23.7 Å². The van der Waals surface area contributed by atoms with E-state index in [1.807, 2.05) is 12.1 Å². The summed E-state index contributed by atoms with van der Waals surface area (Å²) in [5.74, 6) is 0. The zero-order valence-corrected chi connectivity index (χ0v) is 6.47. The lowest BCUT2D eigenvalue weighted by Crippen LogP contribution is -1.76. The number of aldehydes is 1. The maximum atomic E-state index is 10.4. The number of hydrogen-bond acceptors (Lipinski definition) is 3. The maximum absolute atomic E-state index is 10.4. The van der Waals surface area contributed by atoms with Crippen LogP contribution in [0.2, 0.25) is 0 Å². The fourth-order valence-electron chi connectivity index (χ4n) is 0.945. The topological polar surface area (TPSA) is 30.0 Å². The first-order valence-electron chi connectivity index (χ1n) is 3.18. The van der Waals surface area contributed by atoms with Crippen LogP contribution in [0.5, 0.6) is 0 Å². The van der Waals surface area contributed by atoms with Crippen LogP contribution < -0.4 is 0 Å². The molecule has 0 bridgehead atoms. The molecule has 0 fully saturated rings. The van der Waals surface area contributed by atoms with Crippen LogP contribution in [0.1, 0.15) is 10.4 Å². The number of fused-ring (bicyclic) bond motifs is 1. The van der Waals surface area contributed by atoms with Crippen LogP contribution in [0.4, 0.5) is 0 Å². The van der Waals surface area contributed by atoms with E-state index in [9.17, 15) is 4.79 Å². The molecule has 0 atom stereocenters. The second-order valence-corrected chi connectivity index (χ2v) is 3.08. The Morgan fingerprint density at radius 1 is 1.45 bits per heavy atom. The highest BCUT2D eigenvalue weighted by atomic mass is 32.1. The number of aromatic nitrogens is 1. The third-order valence-electron chi connectivity index (χ3n) is 1.49. The van der Waals surface area contributed by atoms with Gasteiger partial charge in [0.15, 0.2) is 0 Å². The Labute approximate surface area is 67.5 Å². The SMILES string of the molecule is O=Cc1ccc2ncsc2c1. The molecule has 0 amide bonds. The molecule has 54 valence electrons. The van der Waals surface area contributed by atoms with Crippen molar-refractivity contribution < 1.29 is 4.79 Å². The minimum atomic E-state index is 0.710. The van der Waals surface area contributed by atoms with E-state index >= 15 is 0 Å². The van der Waals surface area contributed by atoms with Crippen molar-refractivity contribution >= 4 is 27.8 Å². The van der Waals surface area contributed by atoms with Gasteiger partial charge < -0.3 is 0 Å². The predicted molar refractivity (Wildman–Crippen MR) is 45.0 cm³/mol. The molecular weight excluding hydrogens is 158 g/mol. The van der Waals surface area contributed by atoms with Gasteiger partial charge in [0.25, 0.3) is 0 Å². The highest BCUT2D eigenvalue weighted by Gasteiger charge is 1.96. The number of nitrogens with zero attached hydrogens (tertiary/aromatic N) is 1. The maximum Gasteiger partial charge on any atom is 0.150 e. The van der Waals surface area contributed by atoms with E-state index in [0.29, 0.717) is 5.56 Å². The average molecular weight is 163 g/mol. The molecule has 1 aromatic carbocycles. The summed E-state index contributed by atoms with van der Waals surface area (Å²) < 4.78 is 1.06. The van der Waals surface area contributed by atoms with Crippen LogP contribution in [-0.4, -0.2) is 11.3 Å². The zero-order valence-electron chi connectivity index (χ0n) is 5.65. The predicted octanol–water partition coefficient (Wildman–Crippen LogP) is 2.11. The molecule has 2 nitrogen and oxygen atoms in total. The molecule has 0 unspecified atom stereocenters. The van der Waals surface area contributed by atoms with E-state index in [4.69, 9.17) is 0 Å². The molecule has 1 aromatic heterocycles. The van der Waals surface area contributed by atoms with Crippen molar-refractivity contribution in [2.75, 3.05) is 0 Å². The van der Waals surface area contributed by atoms with Gasteiger partial charge in [-0.2, -0.15) is 0 Å². The van der Waals surface area contributed by atoms with E-state index in [1.165, 1.54) is 0 Å². The molecule has 0 spiro atoms. The number of rotatable bonds is 1. The molecule has 0 aliphatic heterocycles. The summed E-state index contributed by atoms with van der Waals surface area (Å²) in [5.41, 5.74) is 3.45. The van der Waals surface area contributed by atoms with Crippen molar-refractivity contribution in [2.45, 2.75) is 0 Å². The van der Waals surface area contributed by atoms with Crippen molar-refractivity contribution in [1.82, 2.24) is 4.98 Å². The van der Waals surface area contributed by atoms with Crippen molar-refractivity contribution in [3.05, 3.63) is 29.3 Å². The summed E-state index contributed by atoms with van der Waals surface area (Å²) in [6.07, 6.45) is 0.846. The Bertz CT molecular complexity index is 394. The minimum absolute atomic E-state index is 0.710. The molecular formula is C8H5NOS. The van der Waals surface area contributed by atoms with E-state index in [2.05, 4.69) is 4.98 Å². The highest BCUT2D eigenvalue weighted by Crippen LogP contribution is 2.17. The number of carbonyl (C=O) groups is 1. The largest absolute Gasteiger partial charge is 0.298 e. The molecule has 0 saturated heterocycles. The van der Waals surface area contributed by atoms with Crippen LogP contribution >= 0.6 is 11.3 Å². The van der Waals surface area contributed by atoms with Gasteiger partial charge in [-0.05, 0) is 18.2 Å². The quantitative estimate of drug-likeness (QED) is 0.602. The number of carbonyl (C=O) groups excluding carboxylic acids is 1. The highest BCUT2D eigenvalue weighted by molar-refractivity contribution is 7.16. The lowest BCUT2D eigenvalue weighted by Gasteiger charge is -1.87. The van der Waals surface area contributed by atoms with Crippen LogP contribution in [0, 0.1) is 0 Å². The van der Waals surface area contributed by atoms with Gasteiger partial charge >= 0.3 is 0 Å². The summed E-state index contributed by atoms with van der Waals surface area (Å²) in [4.78, 5) is 14.5. The van der Waals surface area contributed by atoms with Gasteiger partial charge in [-0.1, -0.05) is 0 Å². The first kappa shape index (κ1) is 6.49. The lowest BCUT2D eigenvalue weighted by atomic mass is 10.2. The summed E-state index contributed by atoms with van der Waals surface area (Å²) in [5, 5.41) is 0. The third kappa shape index (κ3) is 1.03. The van der Waals surface area contributed by atoms with Crippen molar-refractivity contribution in [2.24, 2.45) is 0 Å². The molecule has 2 rings (SSSR count). The fraction of sp³-hybridized carbons (Fsp3) is 0. The van der Waals surface area contributed by atoms with Crippen LogP contribution in [-0.2, 0) is 0 Å². The summed E-state index contributed by atoms with van der Waals surface area (Å²) in [6, 6.07) is 5.48. The Balaban J connectivity index is 2.76. The van der Waals surface area contributed by atoms with Crippen molar-refractivity contribution in [3.63, 3.8) is 0 Å². The monoisotopic (exact) mass is 163 g/mol. The fourth-order valence-corrected chi connectivity index (χ4v) is 1.67. The first-order chi connectivity index (χ1) is 5.40. The average Bonchev–Trinajstić information content (AvgIpc) is 2.50. The Hall–Kier alpha value is -1.22. The van der Waals surface area contributed by atoms with Crippen molar-refractivity contribution in [3.8, 4) is 0 Å². The number of hydrogen-bond donors (Lipinski definition) is 0. The molecule has 0 aliphatic rings. The third-order valence-corrected chi connectivity index (χ3v) is 2.28. The Morgan fingerprint density at radius 3 is 3.18 bits per heavy atom. The van der Waals surface area contributed by atoms with E-state index in [-0.39, 0.29) is 0 Å². The van der Waals surface area contributed by atoms with Gasteiger partial charge in [0.2, 0.25) is 0 Å². The molecule has 0 N–H and O–H groups in total. The van der Waals surface area contributed by atoms with Gasteiger partial charge in [0.1, 0.15) is 6.29 Å². The number of thiazole rings is 1. The molecule has 1 heterocycles. The van der Waals surface area contributed by atoms with Gasteiger partial charge in [-0.15, -0.1) is 11.3 Å². The van der Waals surface area contributed by atoms with Crippen molar-refractivity contribution in [1.29, 1.82) is 0 Å². The molecule has 2 aromatic rings. The second-order valence-electron chi connectivity index (χ2n) is 2.20. The van der Waals surface area contributed by atoms with Gasteiger partial charge in [0, 0.05) is 5.56 Å². The van der Waals surface area contributed by atoms with Crippen LogP contribution in [0.3, 0.4) is 0 Å². The van der Waals surface area contributed by atoms with E-state index < -0.39 is 0 Å². The Morgan fingerprint density at radius 2 is 2.36 bits per heavy atom. The standard InChI is InChI=1S/C8H5NOS/c10-4-6-1-2-7-8(3-6)11-5-9-7/h1-5H. The summed E-state index contributed by atoms with van der Waals surface area (Å²) in [7, 11) is 0. The summed E-state index contributed by atoms with van der Waals surface area (Å²) >= 11 is 1.55. The molecule has 0 aliphatic carbocycles. The second kappa shape index (κ2) is 2.43. The van der Waals surface area contributed by atoms with Gasteiger partial charge in [-0.3, -0.25) is 4.79 Å². The van der Waals surface area contributed by atoms with Crippen LogP contribution in [0.25, 0.3) is 10.2 Å². The molecule has 0 saturated carbocycles. The first-order valence-corrected chi connectivity index (χ1v) is 4.06. The zero-order chi connectivity index (χ0) is 7.68. The molecule has 3 heteroatoms. The number of benzene rings is 1. The Kier molecular flexibility index (Phi) is 1.43. The van der Waals surface area contributed by atoms with Gasteiger partial charge in [0.05, 0.1) is 15.7 Å². The van der Waals surface area contributed by atoms with E-state index in [1.54, 1.807) is 22.9 Å².